The van der Waals surface area contributed by atoms with Crippen molar-refractivity contribution in [1.29, 1.82) is 0 Å². The minimum absolute atomic E-state index is 0.173. The van der Waals surface area contributed by atoms with Crippen LogP contribution in [-0.2, 0) is 28.9 Å². The summed E-state index contributed by atoms with van der Waals surface area (Å²) in [6.45, 7) is 4.97. The summed E-state index contributed by atoms with van der Waals surface area (Å²) in [6, 6.07) is 28.6. The number of hydrogen-bond donors (Lipinski definition) is 1. The molecular formula is C31H35N3O3S. The molecule has 3 aromatic rings. The predicted octanol–water partition coefficient (Wildman–Crippen LogP) is 4.62. The number of fused-ring (bicyclic) bond motifs is 1. The first-order valence-electron chi connectivity index (χ1n) is 13.3. The molecule has 6 atom stereocenters. The van der Waals surface area contributed by atoms with E-state index in [1.54, 1.807) is 0 Å². The van der Waals surface area contributed by atoms with Gasteiger partial charge in [-0.15, -0.1) is 0 Å². The van der Waals surface area contributed by atoms with Crippen LogP contribution in [0.15, 0.2) is 103 Å². The van der Waals surface area contributed by atoms with Gasteiger partial charge in [0.25, 0.3) is 5.91 Å². The van der Waals surface area contributed by atoms with Crippen LogP contribution in [0.1, 0.15) is 43.0 Å². The van der Waals surface area contributed by atoms with E-state index in [9.17, 15) is 14.1 Å². The maximum atomic E-state index is 14.2. The quantitative estimate of drug-likeness (QED) is 0.410. The molecule has 0 spiro atoms. The highest BCUT2D eigenvalue weighted by atomic mass is 32.2. The number of nitrogens with zero attached hydrogens (tertiary/aromatic N) is 3. The molecule has 2 aliphatic heterocycles. The topological polar surface area (TPSA) is 64.1 Å². The molecule has 0 bridgehead atoms. The molecular weight excluding hydrogens is 494 g/mol. The molecule has 1 N–H and O–H groups in total. The second-order valence-corrected chi connectivity index (χ2v) is 11.5. The summed E-state index contributed by atoms with van der Waals surface area (Å²) in [4.78, 5) is 14.2. The molecule has 2 unspecified atom stereocenters. The molecule has 6 nitrogen and oxygen atoms in total. The minimum atomic E-state index is -1.55. The third-order valence-corrected chi connectivity index (χ3v) is 9.25. The largest absolute Gasteiger partial charge is 0.391 e. The molecule has 5 rings (SSSR count). The first-order chi connectivity index (χ1) is 18.5. The highest BCUT2D eigenvalue weighted by Gasteiger charge is 2.55. The molecule has 1 amide bonds. The number of hydrogen-bond acceptors (Lipinski definition) is 5. The molecule has 7 heteroatoms. The molecule has 2 aliphatic rings. The summed E-state index contributed by atoms with van der Waals surface area (Å²) in [5.41, 5.74) is 3.14. The first-order valence-corrected chi connectivity index (χ1v) is 14.4. The maximum absolute atomic E-state index is 14.2. The molecule has 0 saturated carbocycles. The lowest BCUT2D eigenvalue weighted by atomic mass is 9.97. The summed E-state index contributed by atoms with van der Waals surface area (Å²) in [7, 11) is -1.55. The molecule has 1 saturated heterocycles. The van der Waals surface area contributed by atoms with Gasteiger partial charge in [0.15, 0.2) is 0 Å². The number of hydrazine groups is 1. The van der Waals surface area contributed by atoms with Crippen LogP contribution in [0, 0.1) is 0 Å². The van der Waals surface area contributed by atoms with Crippen LogP contribution in [0.3, 0.4) is 0 Å². The van der Waals surface area contributed by atoms with Crippen molar-refractivity contribution in [2.45, 2.75) is 62.8 Å². The third kappa shape index (κ3) is 5.24. The van der Waals surface area contributed by atoms with Crippen molar-refractivity contribution < 1.29 is 14.1 Å². The van der Waals surface area contributed by atoms with E-state index in [1.807, 2.05) is 97.7 Å². The predicted molar refractivity (Wildman–Crippen MR) is 151 cm³/mol. The Kier molecular flexibility index (Phi) is 8.19. The Hall–Kier alpha value is -3.10. The number of aliphatic hydroxyl groups excluding tert-OH is 1. The van der Waals surface area contributed by atoms with Gasteiger partial charge in [0.2, 0.25) is 0 Å². The van der Waals surface area contributed by atoms with E-state index in [0.29, 0.717) is 19.5 Å². The van der Waals surface area contributed by atoms with Gasteiger partial charge in [0.1, 0.15) is 17.0 Å². The van der Waals surface area contributed by atoms with Gasteiger partial charge >= 0.3 is 0 Å². The van der Waals surface area contributed by atoms with E-state index in [4.69, 9.17) is 0 Å². The molecule has 198 valence electrons. The number of carbonyl (C=O) groups excluding carboxylic acids is 1. The van der Waals surface area contributed by atoms with Crippen molar-refractivity contribution in [3.05, 3.63) is 120 Å². The van der Waals surface area contributed by atoms with Crippen LogP contribution >= 0.6 is 0 Å². The molecule has 0 aliphatic carbocycles. The van der Waals surface area contributed by atoms with Gasteiger partial charge in [-0.3, -0.25) is 9.10 Å². The number of aliphatic hydroxyl groups is 1. The monoisotopic (exact) mass is 529 g/mol. The van der Waals surface area contributed by atoms with Gasteiger partial charge in [0, 0.05) is 13.1 Å². The fourth-order valence-corrected chi connectivity index (χ4v) is 7.13. The molecule has 3 aromatic carbocycles. The van der Waals surface area contributed by atoms with E-state index in [-0.39, 0.29) is 11.9 Å². The van der Waals surface area contributed by atoms with Crippen LogP contribution in [0.5, 0.6) is 0 Å². The number of carbonyl (C=O) groups is 1. The van der Waals surface area contributed by atoms with Crippen LogP contribution in [0.4, 0.5) is 0 Å². The zero-order chi connectivity index (χ0) is 26.6. The second kappa shape index (κ2) is 11.7. The Bertz CT molecular complexity index is 1230. The van der Waals surface area contributed by atoms with Crippen molar-refractivity contribution in [2.75, 3.05) is 0 Å². The lowest BCUT2D eigenvalue weighted by Crippen LogP contribution is -2.62. The Morgan fingerprint density at radius 1 is 0.868 bits per heavy atom. The molecule has 0 aromatic heterocycles. The fraction of sp³-hybridized carbons (Fsp3) is 0.323. The highest BCUT2D eigenvalue weighted by Crippen LogP contribution is 2.38. The Labute approximate surface area is 227 Å². The Morgan fingerprint density at radius 2 is 1.39 bits per heavy atom. The lowest BCUT2D eigenvalue weighted by molar-refractivity contribution is -0.155. The molecule has 2 heterocycles. The van der Waals surface area contributed by atoms with Crippen molar-refractivity contribution in [3.8, 4) is 0 Å². The summed E-state index contributed by atoms with van der Waals surface area (Å²) in [5.74, 6) is -0.173. The average molecular weight is 530 g/mol. The Morgan fingerprint density at radius 3 is 1.92 bits per heavy atom. The second-order valence-electron chi connectivity index (χ2n) is 9.96. The van der Waals surface area contributed by atoms with Crippen molar-refractivity contribution in [1.82, 2.24) is 14.3 Å². The van der Waals surface area contributed by atoms with Crippen LogP contribution in [0.2, 0.25) is 0 Å². The normalized spacial score (nSPS) is 24.9. The number of amides is 1. The van der Waals surface area contributed by atoms with E-state index < -0.39 is 34.4 Å². The van der Waals surface area contributed by atoms with Crippen LogP contribution in [-0.4, -0.2) is 53.0 Å². The number of rotatable bonds is 9. The minimum Gasteiger partial charge on any atom is -0.391 e. The smallest absolute Gasteiger partial charge is 0.255 e. The van der Waals surface area contributed by atoms with Crippen LogP contribution in [0.25, 0.3) is 0 Å². The summed E-state index contributed by atoms with van der Waals surface area (Å²) < 4.78 is 15.4. The van der Waals surface area contributed by atoms with Gasteiger partial charge in [0.05, 0.1) is 23.4 Å². The van der Waals surface area contributed by atoms with E-state index >= 15 is 0 Å². The maximum Gasteiger partial charge on any atom is 0.255 e. The molecule has 0 radical (unpaired) electrons. The summed E-state index contributed by atoms with van der Waals surface area (Å²) >= 11 is 0. The summed E-state index contributed by atoms with van der Waals surface area (Å²) in [6.07, 6.45) is 3.69. The van der Waals surface area contributed by atoms with E-state index in [0.717, 1.165) is 16.7 Å². The fourth-order valence-electron chi connectivity index (χ4n) is 5.47. The average Bonchev–Trinajstić information content (AvgIpc) is 3.22. The van der Waals surface area contributed by atoms with Gasteiger partial charge in [-0.1, -0.05) is 110 Å². The molecule has 38 heavy (non-hydrogen) atoms. The third-order valence-electron chi connectivity index (χ3n) is 7.49. The lowest BCUT2D eigenvalue weighted by Gasteiger charge is -2.46. The van der Waals surface area contributed by atoms with Crippen LogP contribution < -0.4 is 0 Å². The standard InChI is InChI=1S/C31H35N3O3S/c1-3-28(35)27-19-20-29-30(31(36)34(38(29)37)23(2)26-17-11-6-12-18-26)33(27)32(21-24-13-7-4-8-14-24)22-25-15-9-5-10-16-25/h4-20,23,27-30,35H,3,21-22H2,1-2H3/t23?,27-,28-,29+,30-,38?/m1/s1. The van der Waals surface area contributed by atoms with E-state index in [1.165, 1.54) is 4.31 Å². The van der Waals surface area contributed by atoms with Crippen molar-refractivity contribution in [3.63, 3.8) is 0 Å². The highest BCUT2D eigenvalue weighted by molar-refractivity contribution is 7.84. The SMILES string of the molecule is CC[C@@H](O)[C@H]1C=C[C@H]2[C@H](C(=O)N(C(C)c3ccccc3)S2=O)N1N(Cc1ccccc1)Cc1ccccc1. The van der Waals surface area contributed by atoms with Crippen molar-refractivity contribution >= 4 is 16.9 Å². The van der Waals surface area contributed by atoms with Gasteiger partial charge in [-0.25, -0.2) is 14.2 Å². The Balaban J connectivity index is 1.56. The molecule has 1 fully saturated rings. The zero-order valence-electron chi connectivity index (χ0n) is 21.8. The van der Waals surface area contributed by atoms with Crippen molar-refractivity contribution in [2.24, 2.45) is 0 Å². The zero-order valence-corrected chi connectivity index (χ0v) is 22.7. The van der Waals surface area contributed by atoms with Gasteiger partial charge in [-0.2, -0.15) is 0 Å². The first kappa shape index (κ1) is 26.5. The van der Waals surface area contributed by atoms with Gasteiger partial charge in [-0.05, 0) is 30.0 Å². The van der Waals surface area contributed by atoms with E-state index in [2.05, 4.69) is 29.3 Å². The number of benzene rings is 3. The summed E-state index contributed by atoms with van der Waals surface area (Å²) in [5, 5.41) is 14.8. The van der Waals surface area contributed by atoms with Gasteiger partial charge < -0.3 is 5.11 Å².